The second kappa shape index (κ2) is 5.87. The third-order valence-electron chi connectivity index (χ3n) is 3.09. The Morgan fingerprint density at radius 1 is 1.31 bits per heavy atom. The number of benzene rings is 1. The highest BCUT2D eigenvalue weighted by Gasteiger charge is 2.18. The zero-order valence-corrected chi connectivity index (χ0v) is 9.60. The molecular weight excluding hydrogens is 200 g/mol. The molecule has 1 saturated heterocycles. The van der Waals surface area contributed by atoms with Gasteiger partial charge in [-0.3, -0.25) is 0 Å². The van der Waals surface area contributed by atoms with Crippen LogP contribution in [0.1, 0.15) is 12.8 Å². The predicted octanol–water partition coefficient (Wildman–Crippen LogP) is 1.24. The normalized spacial score (nSPS) is 21.1. The molecule has 0 bridgehead atoms. The quantitative estimate of drug-likeness (QED) is 0.801. The molecule has 0 amide bonds. The summed E-state index contributed by atoms with van der Waals surface area (Å²) in [5, 5.41) is 12.2. The standard InChI is InChI=1S/C13H20N2O/c16-10-8-14-12-5-4-9-15(11-12)13-6-2-1-3-7-13/h1-3,6-7,12,14,16H,4-5,8-11H2. The van der Waals surface area contributed by atoms with E-state index >= 15 is 0 Å². The molecule has 16 heavy (non-hydrogen) atoms. The van der Waals surface area contributed by atoms with Gasteiger partial charge in [0.15, 0.2) is 0 Å². The number of nitrogens with one attached hydrogen (secondary N) is 1. The first-order valence-corrected chi connectivity index (χ1v) is 6.04. The van der Waals surface area contributed by atoms with Gasteiger partial charge >= 0.3 is 0 Å². The predicted molar refractivity (Wildman–Crippen MR) is 66.8 cm³/mol. The van der Waals surface area contributed by atoms with Crippen molar-refractivity contribution in [2.45, 2.75) is 18.9 Å². The Hall–Kier alpha value is -1.06. The highest BCUT2D eigenvalue weighted by Crippen LogP contribution is 2.19. The van der Waals surface area contributed by atoms with Crippen LogP contribution in [0.15, 0.2) is 30.3 Å². The summed E-state index contributed by atoms with van der Waals surface area (Å²) in [6.45, 7) is 3.11. The summed E-state index contributed by atoms with van der Waals surface area (Å²) in [4.78, 5) is 2.42. The fourth-order valence-electron chi connectivity index (χ4n) is 2.29. The third-order valence-corrected chi connectivity index (χ3v) is 3.09. The summed E-state index contributed by atoms with van der Waals surface area (Å²) in [6, 6.07) is 11.1. The first kappa shape index (κ1) is 11.4. The van der Waals surface area contributed by atoms with Crippen molar-refractivity contribution in [1.82, 2.24) is 5.32 Å². The number of hydrogen-bond donors (Lipinski definition) is 2. The maximum absolute atomic E-state index is 8.80. The van der Waals surface area contributed by atoms with Crippen LogP contribution in [0.5, 0.6) is 0 Å². The number of rotatable bonds is 4. The van der Waals surface area contributed by atoms with Gasteiger partial charge in [0.2, 0.25) is 0 Å². The smallest absolute Gasteiger partial charge is 0.0556 e. The van der Waals surface area contributed by atoms with Gasteiger partial charge in [-0.05, 0) is 25.0 Å². The van der Waals surface area contributed by atoms with Gasteiger partial charge in [-0.25, -0.2) is 0 Å². The fourth-order valence-corrected chi connectivity index (χ4v) is 2.29. The van der Waals surface area contributed by atoms with E-state index in [-0.39, 0.29) is 6.61 Å². The summed E-state index contributed by atoms with van der Waals surface area (Å²) in [5.41, 5.74) is 1.30. The maximum Gasteiger partial charge on any atom is 0.0556 e. The van der Waals surface area contributed by atoms with Crippen molar-refractivity contribution in [2.24, 2.45) is 0 Å². The summed E-state index contributed by atoms with van der Waals surface area (Å²) in [7, 11) is 0. The Bertz CT molecular complexity index is 302. The lowest BCUT2D eigenvalue weighted by molar-refractivity contribution is 0.278. The Kier molecular flexibility index (Phi) is 4.19. The van der Waals surface area contributed by atoms with Crippen LogP contribution in [-0.4, -0.2) is 37.4 Å². The van der Waals surface area contributed by atoms with Crippen LogP contribution in [0, 0.1) is 0 Å². The maximum atomic E-state index is 8.80. The zero-order chi connectivity index (χ0) is 11.2. The molecule has 1 unspecified atom stereocenters. The molecule has 1 heterocycles. The Morgan fingerprint density at radius 3 is 2.88 bits per heavy atom. The lowest BCUT2D eigenvalue weighted by atomic mass is 10.0. The number of para-hydroxylation sites is 1. The Morgan fingerprint density at radius 2 is 2.12 bits per heavy atom. The molecule has 2 N–H and O–H groups in total. The molecule has 1 atom stereocenters. The van der Waals surface area contributed by atoms with Gasteiger partial charge in [-0.15, -0.1) is 0 Å². The molecule has 0 aromatic heterocycles. The minimum atomic E-state index is 0.224. The van der Waals surface area contributed by atoms with E-state index in [1.807, 2.05) is 0 Å². The summed E-state index contributed by atoms with van der Waals surface area (Å²) >= 11 is 0. The number of hydrogen-bond acceptors (Lipinski definition) is 3. The first-order valence-electron chi connectivity index (χ1n) is 6.04. The van der Waals surface area contributed by atoms with Crippen LogP contribution >= 0.6 is 0 Å². The molecule has 0 spiro atoms. The number of aliphatic hydroxyl groups is 1. The highest BCUT2D eigenvalue weighted by atomic mass is 16.3. The van der Waals surface area contributed by atoms with Gasteiger partial charge in [0.25, 0.3) is 0 Å². The number of piperidine rings is 1. The third kappa shape index (κ3) is 2.97. The van der Waals surface area contributed by atoms with Crippen molar-refractivity contribution in [3.63, 3.8) is 0 Å². The molecule has 1 aromatic rings. The molecule has 2 rings (SSSR count). The van der Waals surface area contributed by atoms with E-state index in [0.717, 1.165) is 13.1 Å². The first-order chi connectivity index (χ1) is 7.90. The fraction of sp³-hybridized carbons (Fsp3) is 0.538. The van der Waals surface area contributed by atoms with Crippen LogP contribution < -0.4 is 10.2 Å². The van der Waals surface area contributed by atoms with Crippen molar-refractivity contribution < 1.29 is 5.11 Å². The number of nitrogens with zero attached hydrogens (tertiary/aromatic N) is 1. The molecule has 0 radical (unpaired) electrons. The lowest BCUT2D eigenvalue weighted by Gasteiger charge is -2.34. The molecule has 0 aliphatic carbocycles. The molecular formula is C13H20N2O. The van der Waals surface area contributed by atoms with E-state index in [1.165, 1.54) is 18.5 Å². The van der Waals surface area contributed by atoms with E-state index in [4.69, 9.17) is 5.11 Å². The average molecular weight is 220 g/mol. The van der Waals surface area contributed by atoms with E-state index in [1.54, 1.807) is 0 Å². The topological polar surface area (TPSA) is 35.5 Å². The van der Waals surface area contributed by atoms with Crippen LogP contribution in [0.25, 0.3) is 0 Å². The molecule has 1 aliphatic heterocycles. The monoisotopic (exact) mass is 220 g/mol. The van der Waals surface area contributed by atoms with E-state index < -0.39 is 0 Å². The molecule has 3 nitrogen and oxygen atoms in total. The summed E-state index contributed by atoms with van der Waals surface area (Å²) < 4.78 is 0. The van der Waals surface area contributed by atoms with Crippen molar-refractivity contribution in [3.05, 3.63) is 30.3 Å². The Labute approximate surface area is 97.1 Å². The van der Waals surface area contributed by atoms with Crippen molar-refractivity contribution in [2.75, 3.05) is 31.1 Å². The van der Waals surface area contributed by atoms with Gasteiger partial charge < -0.3 is 15.3 Å². The highest BCUT2D eigenvalue weighted by molar-refractivity contribution is 5.46. The molecule has 1 aliphatic rings. The van der Waals surface area contributed by atoms with Crippen LogP contribution in [0.3, 0.4) is 0 Å². The largest absolute Gasteiger partial charge is 0.395 e. The van der Waals surface area contributed by atoms with Crippen molar-refractivity contribution in [1.29, 1.82) is 0 Å². The molecule has 1 aromatic carbocycles. The van der Waals surface area contributed by atoms with E-state index in [0.29, 0.717) is 12.6 Å². The van der Waals surface area contributed by atoms with Crippen LogP contribution in [0.2, 0.25) is 0 Å². The van der Waals surface area contributed by atoms with Crippen LogP contribution in [-0.2, 0) is 0 Å². The molecule has 0 saturated carbocycles. The van der Waals surface area contributed by atoms with Crippen molar-refractivity contribution >= 4 is 5.69 Å². The van der Waals surface area contributed by atoms with Gasteiger partial charge in [0.1, 0.15) is 0 Å². The summed E-state index contributed by atoms with van der Waals surface area (Å²) in [5.74, 6) is 0. The molecule has 88 valence electrons. The van der Waals surface area contributed by atoms with E-state index in [9.17, 15) is 0 Å². The summed E-state index contributed by atoms with van der Waals surface area (Å²) in [6.07, 6.45) is 2.43. The second-order valence-corrected chi connectivity index (χ2v) is 4.30. The van der Waals surface area contributed by atoms with Gasteiger partial charge in [-0.2, -0.15) is 0 Å². The lowest BCUT2D eigenvalue weighted by Crippen LogP contribution is -2.46. The van der Waals surface area contributed by atoms with Gasteiger partial charge in [-0.1, -0.05) is 18.2 Å². The zero-order valence-electron chi connectivity index (χ0n) is 9.60. The minimum Gasteiger partial charge on any atom is -0.395 e. The average Bonchev–Trinajstić information content (AvgIpc) is 2.38. The van der Waals surface area contributed by atoms with Gasteiger partial charge in [0, 0.05) is 31.4 Å². The van der Waals surface area contributed by atoms with Crippen LogP contribution in [0.4, 0.5) is 5.69 Å². The van der Waals surface area contributed by atoms with E-state index in [2.05, 4.69) is 40.5 Å². The molecule has 3 heteroatoms. The van der Waals surface area contributed by atoms with Crippen molar-refractivity contribution in [3.8, 4) is 0 Å². The number of anilines is 1. The SMILES string of the molecule is OCCNC1CCCN(c2ccccc2)C1. The molecule has 1 fully saturated rings. The minimum absolute atomic E-state index is 0.224. The Balaban J connectivity index is 1.91. The second-order valence-electron chi connectivity index (χ2n) is 4.30. The number of aliphatic hydroxyl groups excluding tert-OH is 1. The van der Waals surface area contributed by atoms with Gasteiger partial charge in [0.05, 0.1) is 6.61 Å².